The lowest BCUT2D eigenvalue weighted by Crippen LogP contribution is -2.38. The maximum atomic E-state index is 12.5. The predicted molar refractivity (Wildman–Crippen MR) is 76.0 cm³/mol. The van der Waals surface area contributed by atoms with Gasteiger partial charge >= 0.3 is 5.97 Å². The second kappa shape index (κ2) is 6.31. The molecule has 0 unspecified atom stereocenters. The molecule has 1 heterocycles. The summed E-state index contributed by atoms with van der Waals surface area (Å²) in [5.41, 5.74) is 0.471. The summed E-state index contributed by atoms with van der Waals surface area (Å²) in [7, 11) is 0. The molecule has 1 aromatic rings. The molecule has 1 aliphatic rings. The Balaban J connectivity index is 2.18. The molecule has 0 radical (unpaired) electrons. The van der Waals surface area contributed by atoms with Crippen molar-refractivity contribution in [1.29, 1.82) is 0 Å². The molecule has 1 amide bonds. The van der Waals surface area contributed by atoms with Gasteiger partial charge in [-0.15, -0.1) is 0 Å². The number of amides is 1. The molecule has 0 saturated heterocycles. The number of hydrogen-bond acceptors (Lipinski definition) is 2. The van der Waals surface area contributed by atoms with Crippen LogP contribution in [0.5, 0.6) is 0 Å². The van der Waals surface area contributed by atoms with Gasteiger partial charge in [-0.05, 0) is 31.2 Å². The van der Waals surface area contributed by atoms with Crippen molar-refractivity contribution < 1.29 is 14.7 Å². The van der Waals surface area contributed by atoms with Crippen molar-refractivity contribution in [2.24, 2.45) is 5.92 Å². The molecule has 20 heavy (non-hydrogen) atoms. The maximum absolute atomic E-state index is 12.5. The fourth-order valence-electron chi connectivity index (χ4n) is 2.24. The molecule has 1 aromatic heterocycles. The highest BCUT2D eigenvalue weighted by molar-refractivity contribution is 6.31. The first kappa shape index (κ1) is 14.9. The first-order valence-electron chi connectivity index (χ1n) is 6.88. The standard InChI is InChI=1S/C14H19ClN2O3/c1-2-5-16-8-11(15)6-12(16)14(20)17(9-13(18)19)7-10-3-4-10/h6,8,10H,2-5,7,9H2,1H3,(H,18,19). The van der Waals surface area contributed by atoms with Gasteiger partial charge in [-0.1, -0.05) is 18.5 Å². The Bertz CT molecular complexity index is 509. The van der Waals surface area contributed by atoms with E-state index in [0.29, 0.717) is 29.7 Å². The monoisotopic (exact) mass is 298 g/mol. The number of carbonyl (C=O) groups is 2. The molecule has 1 aliphatic carbocycles. The number of aliphatic carboxylic acids is 1. The number of aromatic nitrogens is 1. The minimum absolute atomic E-state index is 0.250. The molecule has 1 saturated carbocycles. The Labute approximate surface area is 123 Å². The molecule has 110 valence electrons. The molecule has 2 rings (SSSR count). The van der Waals surface area contributed by atoms with Crippen LogP contribution in [-0.4, -0.2) is 39.5 Å². The summed E-state index contributed by atoms with van der Waals surface area (Å²) in [5.74, 6) is -0.790. The Hall–Kier alpha value is -1.49. The van der Waals surface area contributed by atoms with Crippen LogP contribution >= 0.6 is 11.6 Å². The number of nitrogens with zero attached hydrogens (tertiary/aromatic N) is 2. The summed E-state index contributed by atoms with van der Waals surface area (Å²) in [6.45, 7) is 2.96. The highest BCUT2D eigenvalue weighted by atomic mass is 35.5. The molecule has 0 aliphatic heterocycles. The minimum Gasteiger partial charge on any atom is -0.480 e. The Morgan fingerprint density at radius 3 is 2.75 bits per heavy atom. The SMILES string of the molecule is CCCn1cc(Cl)cc1C(=O)N(CC(=O)O)CC1CC1. The lowest BCUT2D eigenvalue weighted by atomic mass is 10.3. The Morgan fingerprint density at radius 1 is 1.50 bits per heavy atom. The van der Waals surface area contributed by atoms with E-state index in [-0.39, 0.29) is 12.5 Å². The number of aryl methyl sites for hydroxylation is 1. The number of rotatable bonds is 7. The molecular weight excluding hydrogens is 280 g/mol. The van der Waals surface area contributed by atoms with E-state index in [1.165, 1.54) is 4.90 Å². The van der Waals surface area contributed by atoms with Gasteiger partial charge in [-0.2, -0.15) is 0 Å². The highest BCUT2D eigenvalue weighted by Gasteiger charge is 2.29. The molecular formula is C14H19ClN2O3. The van der Waals surface area contributed by atoms with Gasteiger partial charge in [0.15, 0.2) is 0 Å². The maximum Gasteiger partial charge on any atom is 0.323 e. The molecule has 0 bridgehead atoms. The predicted octanol–water partition coefficient (Wildman–Crippen LogP) is 2.49. The molecule has 6 heteroatoms. The fourth-order valence-corrected chi connectivity index (χ4v) is 2.46. The number of carbonyl (C=O) groups excluding carboxylic acids is 1. The van der Waals surface area contributed by atoms with Crippen molar-refractivity contribution in [3.05, 3.63) is 23.0 Å². The van der Waals surface area contributed by atoms with Gasteiger partial charge in [0.1, 0.15) is 12.2 Å². The van der Waals surface area contributed by atoms with Gasteiger partial charge in [0, 0.05) is 19.3 Å². The topological polar surface area (TPSA) is 62.5 Å². The fraction of sp³-hybridized carbons (Fsp3) is 0.571. The van der Waals surface area contributed by atoms with Gasteiger partial charge < -0.3 is 14.6 Å². The molecule has 5 nitrogen and oxygen atoms in total. The molecule has 0 atom stereocenters. The zero-order chi connectivity index (χ0) is 14.7. The summed E-state index contributed by atoms with van der Waals surface area (Å²) in [6, 6.07) is 1.61. The number of hydrogen-bond donors (Lipinski definition) is 1. The lowest BCUT2D eigenvalue weighted by Gasteiger charge is -2.21. The van der Waals surface area contributed by atoms with Gasteiger partial charge in [0.25, 0.3) is 5.91 Å². The van der Waals surface area contributed by atoms with Crippen molar-refractivity contribution in [3.63, 3.8) is 0 Å². The molecule has 0 spiro atoms. The van der Waals surface area contributed by atoms with E-state index in [1.54, 1.807) is 16.8 Å². The van der Waals surface area contributed by atoms with Crippen molar-refractivity contribution >= 4 is 23.5 Å². The number of carboxylic acid groups (broad SMARTS) is 1. The average Bonchev–Trinajstić information content (AvgIpc) is 3.10. The van der Waals surface area contributed by atoms with E-state index in [2.05, 4.69) is 0 Å². The van der Waals surface area contributed by atoms with Crippen LogP contribution in [0, 0.1) is 5.92 Å². The molecule has 1 fully saturated rings. The van der Waals surface area contributed by atoms with Crippen LogP contribution in [0.25, 0.3) is 0 Å². The average molecular weight is 299 g/mol. The van der Waals surface area contributed by atoms with Crippen LogP contribution < -0.4 is 0 Å². The smallest absolute Gasteiger partial charge is 0.323 e. The Morgan fingerprint density at radius 2 is 2.20 bits per heavy atom. The van der Waals surface area contributed by atoms with Gasteiger partial charge in [0.2, 0.25) is 0 Å². The van der Waals surface area contributed by atoms with Gasteiger partial charge in [-0.3, -0.25) is 9.59 Å². The summed E-state index contributed by atoms with van der Waals surface area (Å²) in [5, 5.41) is 9.47. The third kappa shape index (κ3) is 3.76. The first-order chi connectivity index (χ1) is 9.51. The largest absolute Gasteiger partial charge is 0.480 e. The first-order valence-corrected chi connectivity index (χ1v) is 7.25. The van der Waals surface area contributed by atoms with Crippen LogP contribution in [-0.2, 0) is 11.3 Å². The molecule has 1 N–H and O–H groups in total. The van der Waals surface area contributed by atoms with Crippen LogP contribution in [0.1, 0.15) is 36.7 Å². The van der Waals surface area contributed by atoms with Gasteiger partial charge in [-0.25, -0.2) is 0 Å². The third-order valence-electron chi connectivity index (χ3n) is 3.34. The number of halogens is 1. The lowest BCUT2D eigenvalue weighted by molar-refractivity contribution is -0.137. The minimum atomic E-state index is -0.987. The summed E-state index contributed by atoms with van der Waals surface area (Å²) < 4.78 is 1.80. The summed E-state index contributed by atoms with van der Waals surface area (Å²) >= 11 is 5.97. The van der Waals surface area contributed by atoms with E-state index in [4.69, 9.17) is 16.7 Å². The Kier molecular flexibility index (Phi) is 4.70. The van der Waals surface area contributed by atoms with Crippen LogP contribution in [0.2, 0.25) is 5.02 Å². The van der Waals surface area contributed by atoms with E-state index in [9.17, 15) is 9.59 Å². The quantitative estimate of drug-likeness (QED) is 0.841. The van der Waals surface area contributed by atoms with E-state index in [1.807, 2.05) is 6.92 Å². The van der Waals surface area contributed by atoms with Crippen molar-refractivity contribution in [2.75, 3.05) is 13.1 Å². The molecule has 0 aromatic carbocycles. The van der Waals surface area contributed by atoms with E-state index < -0.39 is 5.97 Å². The zero-order valence-electron chi connectivity index (χ0n) is 11.5. The highest BCUT2D eigenvalue weighted by Crippen LogP contribution is 2.30. The number of carboxylic acids is 1. The van der Waals surface area contributed by atoms with E-state index in [0.717, 1.165) is 19.3 Å². The summed E-state index contributed by atoms with van der Waals surface area (Å²) in [4.78, 5) is 24.9. The zero-order valence-corrected chi connectivity index (χ0v) is 12.3. The summed E-state index contributed by atoms with van der Waals surface area (Å²) in [6.07, 6.45) is 4.74. The third-order valence-corrected chi connectivity index (χ3v) is 3.54. The second-order valence-corrected chi connectivity index (χ2v) is 5.70. The second-order valence-electron chi connectivity index (χ2n) is 5.26. The van der Waals surface area contributed by atoms with Crippen molar-refractivity contribution in [2.45, 2.75) is 32.7 Å². The van der Waals surface area contributed by atoms with Crippen LogP contribution in [0.3, 0.4) is 0 Å². The van der Waals surface area contributed by atoms with Gasteiger partial charge in [0.05, 0.1) is 5.02 Å². The van der Waals surface area contributed by atoms with Crippen molar-refractivity contribution in [1.82, 2.24) is 9.47 Å². The normalized spacial score (nSPS) is 14.3. The van der Waals surface area contributed by atoms with Crippen molar-refractivity contribution in [3.8, 4) is 0 Å². The van der Waals surface area contributed by atoms with Crippen LogP contribution in [0.15, 0.2) is 12.3 Å². The van der Waals surface area contributed by atoms with Crippen LogP contribution in [0.4, 0.5) is 0 Å². The van der Waals surface area contributed by atoms with E-state index >= 15 is 0 Å².